The Morgan fingerprint density at radius 3 is 2.77 bits per heavy atom. The normalized spacial score (nSPS) is 28.9. The Hall–Kier alpha value is -2.82. The summed E-state index contributed by atoms with van der Waals surface area (Å²) in [6.45, 7) is 0.520. The van der Waals surface area contributed by atoms with Gasteiger partial charge in [-0.15, -0.1) is 4.40 Å². The average molecular weight is 433 g/mol. The summed E-state index contributed by atoms with van der Waals surface area (Å²) >= 11 is 0. The van der Waals surface area contributed by atoms with E-state index in [0.717, 1.165) is 32.1 Å². The van der Waals surface area contributed by atoms with Crippen molar-refractivity contribution in [3.8, 4) is 5.75 Å². The van der Waals surface area contributed by atoms with Crippen LogP contribution in [0, 0.1) is 5.41 Å². The summed E-state index contributed by atoms with van der Waals surface area (Å²) in [6.07, 6.45) is 4.74. The van der Waals surface area contributed by atoms with Gasteiger partial charge in [-0.1, -0.05) is 18.9 Å². The molecule has 1 aromatic rings. The van der Waals surface area contributed by atoms with Gasteiger partial charge in [0.25, 0.3) is 0 Å². The van der Waals surface area contributed by atoms with Crippen LogP contribution in [0.1, 0.15) is 37.7 Å². The smallest absolute Gasteiger partial charge is 0.344 e. The number of hydrogen-bond acceptors (Lipinski definition) is 6. The van der Waals surface area contributed by atoms with E-state index in [4.69, 9.17) is 10.5 Å². The third-order valence-corrected chi connectivity index (χ3v) is 7.44. The SMILES string of the molecule is NC1=NS(=O)(=O)Nc2cccc(OCC3(C(=O)NC4CCCC4)C(=O)N4CCC43)c21. The van der Waals surface area contributed by atoms with Gasteiger partial charge >= 0.3 is 10.2 Å². The number of piperidine rings is 1. The Labute approximate surface area is 174 Å². The first-order valence-corrected chi connectivity index (χ1v) is 11.5. The van der Waals surface area contributed by atoms with Gasteiger partial charge in [0.05, 0.1) is 17.3 Å². The van der Waals surface area contributed by atoms with E-state index < -0.39 is 15.6 Å². The summed E-state index contributed by atoms with van der Waals surface area (Å²) in [5.41, 5.74) is 5.15. The van der Waals surface area contributed by atoms with Crippen molar-refractivity contribution in [2.24, 2.45) is 15.5 Å². The van der Waals surface area contributed by atoms with Crippen molar-refractivity contribution in [1.29, 1.82) is 0 Å². The predicted octanol–water partition coefficient (Wildman–Crippen LogP) is 0.101. The molecule has 4 N–H and O–H groups in total. The number of β-lactam (4-membered cyclic amide) rings is 1. The van der Waals surface area contributed by atoms with E-state index in [0.29, 0.717) is 12.1 Å². The highest BCUT2D eigenvalue weighted by Gasteiger charge is 2.69. The molecule has 30 heavy (non-hydrogen) atoms. The molecule has 2 atom stereocenters. The number of carbonyl (C=O) groups excluding carboxylic acids is 2. The number of amidine groups is 1. The summed E-state index contributed by atoms with van der Waals surface area (Å²) in [6, 6.07) is 4.70. The predicted molar refractivity (Wildman–Crippen MR) is 108 cm³/mol. The van der Waals surface area contributed by atoms with Crippen molar-refractivity contribution in [3.63, 3.8) is 0 Å². The zero-order chi connectivity index (χ0) is 21.1. The van der Waals surface area contributed by atoms with Crippen LogP contribution in [0.25, 0.3) is 0 Å². The summed E-state index contributed by atoms with van der Waals surface area (Å²) in [4.78, 5) is 27.7. The number of benzene rings is 1. The van der Waals surface area contributed by atoms with Crippen LogP contribution in [0.3, 0.4) is 0 Å². The molecule has 1 saturated carbocycles. The second kappa shape index (κ2) is 6.59. The maximum Gasteiger partial charge on any atom is 0.344 e. The van der Waals surface area contributed by atoms with Gasteiger partial charge in [-0.05, 0) is 31.4 Å². The molecule has 3 fully saturated rings. The molecule has 1 aliphatic carbocycles. The minimum Gasteiger partial charge on any atom is -0.491 e. The fourth-order valence-electron chi connectivity index (χ4n) is 4.86. The number of ether oxygens (including phenoxy) is 1. The Bertz CT molecular complexity index is 1070. The molecule has 11 heteroatoms. The van der Waals surface area contributed by atoms with Gasteiger partial charge in [0, 0.05) is 12.6 Å². The lowest BCUT2D eigenvalue weighted by Crippen LogP contribution is -2.81. The summed E-state index contributed by atoms with van der Waals surface area (Å²) < 4.78 is 35.3. The maximum absolute atomic E-state index is 13.2. The second-order valence-corrected chi connectivity index (χ2v) is 9.59. The monoisotopic (exact) mass is 433 g/mol. The molecule has 0 radical (unpaired) electrons. The molecule has 2 unspecified atom stereocenters. The largest absolute Gasteiger partial charge is 0.491 e. The van der Waals surface area contributed by atoms with E-state index in [1.807, 2.05) is 0 Å². The highest BCUT2D eigenvalue weighted by atomic mass is 32.2. The summed E-state index contributed by atoms with van der Waals surface area (Å²) in [7, 11) is -3.91. The Kier molecular flexibility index (Phi) is 4.21. The van der Waals surface area contributed by atoms with Crippen LogP contribution < -0.4 is 20.5 Å². The molecule has 3 heterocycles. The lowest BCUT2D eigenvalue weighted by molar-refractivity contribution is -0.197. The summed E-state index contributed by atoms with van der Waals surface area (Å²) in [5, 5.41) is 3.05. The molecule has 2 amide bonds. The number of carbonyl (C=O) groups is 2. The molecule has 160 valence electrons. The van der Waals surface area contributed by atoms with Gasteiger partial charge in [0.15, 0.2) is 11.3 Å². The number of hydrogen-bond donors (Lipinski definition) is 3. The molecule has 10 nitrogen and oxygen atoms in total. The molecule has 4 aliphatic rings. The van der Waals surface area contributed by atoms with E-state index in [1.54, 1.807) is 23.1 Å². The fraction of sp³-hybridized carbons (Fsp3) is 0.526. The Balaban J connectivity index is 1.41. The Morgan fingerprint density at radius 2 is 2.10 bits per heavy atom. The van der Waals surface area contributed by atoms with Crippen molar-refractivity contribution in [1.82, 2.24) is 10.2 Å². The van der Waals surface area contributed by atoms with Gasteiger partial charge < -0.3 is 20.7 Å². The first-order chi connectivity index (χ1) is 14.3. The van der Waals surface area contributed by atoms with Crippen molar-refractivity contribution in [2.45, 2.75) is 44.2 Å². The number of anilines is 1. The van der Waals surface area contributed by atoms with Crippen LogP contribution in [0.5, 0.6) is 5.75 Å². The van der Waals surface area contributed by atoms with Crippen LogP contribution in [-0.2, 0) is 19.8 Å². The lowest BCUT2D eigenvalue weighted by atomic mass is 9.64. The van der Waals surface area contributed by atoms with Crippen molar-refractivity contribution >= 4 is 33.5 Å². The zero-order valence-electron chi connectivity index (χ0n) is 16.3. The minimum absolute atomic E-state index is 0.0953. The fourth-order valence-corrected chi connectivity index (χ4v) is 5.70. The molecule has 0 aromatic heterocycles. The number of nitrogens with one attached hydrogen (secondary N) is 2. The highest BCUT2D eigenvalue weighted by Crippen LogP contribution is 2.48. The lowest BCUT2D eigenvalue weighted by Gasteiger charge is -2.61. The topological polar surface area (TPSA) is 143 Å². The number of amides is 2. The quantitative estimate of drug-likeness (QED) is 0.444. The van der Waals surface area contributed by atoms with E-state index in [9.17, 15) is 18.0 Å². The van der Waals surface area contributed by atoms with E-state index in [1.165, 1.54) is 0 Å². The second-order valence-electron chi connectivity index (χ2n) is 8.25. The number of nitrogens with two attached hydrogens (primary N) is 1. The van der Waals surface area contributed by atoms with Crippen LogP contribution in [-0.4, -0.2) is 56.2 Å². The van der Waals surface area contributed by atoms with Gasteiger partial charge in [-0.2, -0.15) is 8.42 Å². The first kappa shape index (κ1) is 19.2. The van der Waals surface area contributed by atoms with Crippen molar-refractivity contribution < 1.29 is 22.7 Å². The van der Waals surface area contributed by atoms with Gasteiger partial charge in [-0.25, -0.2) is 0 Å². The van der Waals surface area contributed by atoms with Crippen molar-refractivity contribution in [2.75, 3.05) is 17.9 Å². The minimum atomic E-state index is -3.91. The molecular weight excluding hydrogens is 410 g/mol. The molecule has 3 aliphatic heterocycles. The van der Waals surface area contributed by atoms with Crippen LogP contribution in [0.4, 0.5) is 5.69 Å². The third-order valence-electron chi connectivity index (χ3n) is 6.52. The third kappa shape index (κ3) is 2.75. The molecule has 1 aromatic carbocycles. The number of rotatable bonds is 5. The summed E-state index contributed by atoms with van der Waals surface area (Å²) in [5.74, 6) is -0.433. The molecule has 0 bridgehead atoms. The number of nitrogens with zero attached hydrogens (tertiary/aromatic N) is 2. The average Bonchev–Trinajstić information content (AvgIpc) is 3.15. The van der Waals surface area contributed by atoms with E-state index in [2.05, 4.69) is 14.4 Å². The van der Waals surface area contributed by atoms with E-state index >= 15 is 0 Å². The molecular formula is C19H23N5O5S. The van der Waals surface area contributed by atoms with Crippen molar-refractivity contribution in [3.05, 3.63) is 23.8 Å². The highest BCUT2D eigenvalue weighted by molar-refractivity contribution is 7.91. The molecule has 0 spiro atoms. The molecule has 5 rings (SSSR count). The van der Waals surface area contributed by atoms with Gasteiger partial charge in [0.1, 0.15) is 12.4 Å². The van der Waals surface area contributed by atoms with E-state index in [-0.39, 0.29) is 47.8 Å². The molecule has 2 saturated heterocycles. The van der Waals surface area contributed by atoms with Crippen LogP contribution in [0.15, 0.2) is 22.6 Å². The first-order valence-electron chi connectivity index (χ1n) is 10.1. The van der Waals surface area contributed by atoms with Gasteiger partial charge in [0.2, 0.25) is 11.8 Å². The standard InChI is InChI=1S/C19H23N5O5S/c20-16-15-12(22-30(27,28)23-16)6-3-7-13(15)29-10-19(14-8-9-24(14)18(19)26)17(25)21-11-4-1-2-5-11/h3,6-7,11,14,22H,1-2,4-5,8-10H2,(H2,20,23)(H,21,25). The van der Waals surface area contributed by atoms with Crippen LogP contribution in [0.2, 0.25) is 0 Å². The zero-order valence-corrected chi connectivity index (χ0v) is 17.1. The Morgan fingerprint density at radius 1 is 1.33 bits per heavy atom. The maximum atomic E-state index is 13.2. The number of fused-ring (bicyclic) bond motifs is 2. The van der Waals surface area contributed by atoms with Gasteiger partial charge in [-0.3, -0.25) is 14.3 Å². The van der Waals surface area contributed by atoms with Crippen LogP contribution >= 0.6 is 0 Å².